The summed E-state index contributed by atoms with van der Waals surface area (Å²) < 4.78 is 1.47. The number of aliphatic hydroxyl groups excluding tert-OH is 1. The Kier molecular flexibility index (Phi) is 3.77. The van der Waals surface area contributed by atoms with Crippen LogP contribution in [0.1, 0.15) is 16.2 Å². The maximum atomic E-state index is 12.9. The van der Waals surface area contributed by atoms with Crippen molar-refractivity contribution in [2.45, 2.75) is 6.42 Å². The SMILES string of the molecule is CN1CCN(C(=O)c2nc3ncc(CCO)cn3n2)c2cccnc21. The van der Waals surface area contributed by atoms with Crippen molar-refractivity contribution in [2.75, 3.05) is 36.5 Å². The third-order valence-electron chi connectivity index (χ3n) is 4.16. The summed E-state index contributed by atoms with van der Waals surface area (Å²) in [5.74, 6) is 0.921. The number of hydrogen-bond donors (Lipinski definition) is 1. The van der Waals surface area contributed by atoms with E-state index in [2.05, 4.69) is 20.1 Å². The number of aliphatic hydroxyl groups is 1. The second-order valence-electron chi connectivity index (χ2n) is 5.84. The van der Waals surface area contributed by atoms with Crippen LogP contribution in [0, 0.1) is 0 Å². The van der Waals surface area contributed by atoms with Gasteiger partial charge in [-0.3, -0.25) is 4.79 Å². The van der Waals surface area contributed by atoms with Crippen LogP contribution >= 0.6 is 0 Å². The normalized spacial score (nSPS) is 14.0. The van der Waals surface area contributed by atoms with Gasteiger partial charge in [-0.2, -0.15) is 4.98 Å². The van der Waals surface area contributed by atoms with E-state index in [4.69, 9.17) is 5.11 Å². The van der Waals surface area contributed by atoms with Gasteiger partial charge in [0.15, 0.2) is 5.82 Å². The van der Waals surface area contributed by atoms with Crippen LogP contribution in [-0.2, 0) is 6.42 Å². The first kappa shape index (κ1) is 15.5. The molecule has 1 aliphatic heterocycles. The molecule has 0 saturated carbocycles. The molecule has 128 valence electrons. The van der Waals surface area contributed by atoms with E-state index in [9.17, 15) is 4.79 Å². The Hall–Kier alpha value is -3.07. The van der Waals surface area contributed by atoms with Crippen molar-refractivity contribution in [2.24, 2.45) is 0 Å². The molecule has 9 heteroatoms. The van der Waals surface area contributed by atoms with Gasteiger partial charge in [0, 0.05) is 45.3 Å². The van der Waals surface area contributed by atoms with Gasteiger partial charge in [0.25, 0.3) is 11.7 Å². The zero-order valence-corrected chi connectivity index (χ0v) is 13.7. The molecule has 0 unspecified atom stereocenters. The van der Waals surface area contributed by atoms with Crippen LogP contribution in [0.2, 0.25) is 0 Å². The molecule has 3 aromatic heterocycles. The van der Waals surface area contributed by atoms with Gasteiger partial charge >= 0.3 is 0 Å². The second-order valence-corrected chi connectivity index (χ2v) is 5.84. The number of hydrogen-bond acceptors (Lipinski definition) is 7. The molecule has 1 aliphatic rings. The van der Waals surface area contributed by atoms with Crippen LogP contribution in [0.5, 0.6) is 0 Å². The summed E-state index contributed by atoms with van der Waals surface area (Å²) in [5.41, 5.74) is 1.57. The highest BCUT2D eigenvalue weighted by Gasteiger charge is 2.29. The van der Waals surface area contributed by atoms with Crippen molar-refractivity contribution in [1.29, 1.82) is 0 Å². The molecule has 25 heavy (non-hydrogen) atoms. The molecule has 1 N–H and O–H groups in total. The van der Waals surface area contributed by atoms with Crippen LogP contribution in [0.3, 0.4) is 0 Å². The molecule has 0 aliphatic carbocycles. The molecule has 0 atom stereocenters. The van der Waals surface area contributed by atoms with Gasteiger partial charge in [-0.25, -0.2) is 14.5 Å². The summed E-state index contributed by atoms with van der Waals surface area (Å²) in [4.78, 5) is 29.4. The van der Waals surface area contributed by atoms with E-state index in [0.29, 0.717) is 25.3 Å². The van der Waals surface area contributed by atoms with Crippen LogP contribution in [-0.4, -0.2) is 62.3 Å². The highest BCUT2D eigenvalue weighted by atomic mass is 16.3. The van der Waals surface area contributed by atoms with E-state index < -0.39 is 0 Å². The first-order valence-electron chi connectivity index (χ1n) is 7.97. The summed E-state index contributed by atoms with van der Waals surface area (Å²) in [6.45, 7) is 1.24. The van der Waals surface area contributed by atoms with Crippen molar-refractivity contribution in [3.63, 3.8) is 0 Å². The molecule has 0 radical (unpaired) electrons. The van der Waals surface area contributed by atoms with Crippen LogP contribution in [0.15, 0.2) is 30.7 Å². The molecular formula is C16H17N7O2. The van der Waals surface area contributed by atoms with Gasteiger partial charge in [0.05, 0.1) is 5.69 Å². The number of carbonyl (C=O) groups is 1. The van der Waals surface area contributed by atoms with E-state index in [-0.39, 0.29) is 18.3 Å². The van der Waals surface area contributed by atoms with Crippen LogP contribution in [0.4, 0.5) is 11.5 Å². The number of aromatic nitrogens is 5. The minimum absolute atomic E-state index is 0.0265. The van der Waals surface area contributed by atoms with Crippen molar-refractivity contribution in [3.8, 4) is 0 Å². The highest BCUT2D eigenvalue weighted by molar-refractivity contribution is 6.05. The topological polar surface area (TPSA) is 99.8 Å². The van der Waals surface area contributed by atoms with Gasteiger partial charge in [0.1, 0.15) is 0 Å². The third kappa shape index (κ3) is 2.68. The van der Waals surface area contributed by atoms with E-state index in [0.717, 1.165) is 17.1 Å². The predicted molar refractivity (Wildman–Crippen MR) is 90.8 cm³/mol. The fraction of sp³-hybridized carbons (Fsp3) is 0.312. The van der Waals surface area contributed by atoms with Gasteiger partial charge in [-0.1, -0.05) is 0 Å². The second kappa shape index (κ2) is 6.10. The Labute approximate surface area is 143 Å². The van der Waals surface area contributed by atoms with E-state index >= 15 is 0 Å². The lowest BCUT2D eigenvalue weighted by Gasteiger charge is -2.33. The Balaban J connectivity index is 1.69. The first-order valence-corrected chi connectivity index (χ1v) is 7.97. The summed E-state index contributed by atoms with van der Waals surface area (Å²) in [6.07, 6.45) is 5.54. The fourth-order valence-electron chi connectivity index (χ4n) is 2.87. The summed E-state index contributed by atoms with van der Waals surface area (Å²) in [7, 11) is 1.95. The lowest BCUT2D eigenvalue weighted by molar-refractivity contribution is 0.0977. The Morgan fingerprint density at radius 2 is 2.20 bits per heavy atom. The highest BCUT2D eigenvalue weighted by Crippen LogP contribution is 2.30. The Morgan fingerprint density at radius 1 is 1.32 bits per heavy atom. The zero-order chi connectivity index (χ0) is 17.4. The molecule has 9 nitrogen and oxygen atoms in total. The molecule has 4 rings (SSSR count). The molecular weight excluding hydrogens is 322 g/mol. The van der Waals surface area contributed by atoms with Gasteiger partial charge < -0.3 is 14.9 Å². The van der Waals surface area contributed by atoms with Gasteiger partial charge in [-0.05, 0) is 24.1 Å². The van der Waals surface area contributed by atoms with E-state index in [1.807, 2.05) is 18.0 Å². The minimum Gasteiger partial charge on any atom is -0.396 e. The number of rotatable bonds is 3. The minimum atomic E-state index is -0.281. The number of anilines is 2. The van der Waals surface area contributed by atoms with Crippen molar-refractivity contribution >= 4 is 23.2 Å². The Bertz CT molecular complexity index is 939. The van der Waals surface area contributed by atoms with E-state index in [1.165, 1.54) is 4.52 Å². The number of nitrogens with zero attached hydrogens (tertiary/aromatic N) is 7. The van der Waals surface area contributed by atoms with Crippen LogP contribution < -0.4 is 9.80 Å². The van der Waals surface area contributed by atoms with Crippen molar-refractivity contribution < 1.29 is 9.90 Å². The van der Waals surface area contributed by atoms with Crippen LogP contribution in [0.25, 0.3) is 5.78 Å². The predicted octanol–water partition coefficient (Wildman–Crippen LogP) is 0.151. The average Bonchev–Trinajstić information content (AvgIpc) is 3.05. The standard InChI is InChI=1S/C16H17N7O2/c1-21-6-7-22(12-3-2-5-17-14(12)21)15(25)13-19-16-18-9-11(4-8-24)10-23(16)20-13/h2-3,5,9-10,24H,4,6-8H2,1H3. The molecule has 0 bridgehead atoms. The number of carbonyl (C=O) groups excluding carboxylic acids is 1. The quantitative estimate of drug-likeness (QED) is 0.725. The molecule has 4 heterocycles. The summed E-state index contributed by atoms with van der Waals surface area (Å²) >= 11 is 0. The summed E-state index contributed by atoms with van der Waals surface area (Å²) in [5, 5.41) is 13.3. The maximum Gasteiger partial charge on any atom is 0.298 e. The third-order valence-corrected chi connectivity index (χ3v) is 4.16. The van der Waals surface area contributed by atoms with Crippen molar-refractivity contribution in [1.82, 2.24) is 24.6 Å². The zero-order valence-electron chi connectivity index (χ0n) is 13.7. The molecule has 0 spiro atoms. The van der Waals surface area contributed by atoms with Gasteiger partial charge in [0.2, 0.25) is 5.82 Å². The largest absolute Gasteiger partial charge is 0.396 e. The molecule has 1 amide bonds. The smallest absolute Gasteiger partial charge is 0.298 e. The molecule has 0 aromatic carbocycles. The molecule has 0 saturated heterocycles. The molecule has 0 fully saturated rings. The van der Waals surface area contributed by atoms with Crippen molar-refractivity contribution in [3.05, 3.63) is 42.1 Å². The number of likely N-dealkylation sites (N-methyl/N-ethyl adjacent to an activating group) is 1. The molecule has 3 aromatic rings. The number of amides is 1. The average molecular weight is 339 g/mol. The Morgan fingerprint density at radius 3 is 3.04 bits per heavy atom. The first-order chi connectivity index (χ1) is 12.2. The van der Waals surface area contributed by atoms with Gasteiger partial charge in [-0.15, -0.1) is 5.10 Å². The fourth-order valence-corrected chi connectivity index (χ4v) is 2.87. The van der Waals surface area contributed by atoms with E-state index in [1.54, 1.807) is 29.6 Å². The summed E-state index contributed by atoms with van der Waals surface area (Å²) in [6, 6.07) is 3.67. The number of fused-ring (bicyclic) bond motifs is 2. The lowest BCUT2D eigenvalue weighted by atomic mass is 10.2. The lowest BCUT2D eigenvalue weighted by Crippen LogP contribution is -2.43. The maximum absolute atomic E-state index is 12.9. The monoisotopic (exact) mass is 339 g/mol. The number of pyridine rings is 1.